The van der Waals surface area contributed by atoms with Crippen LogP contribution in [0.1, 0.15) is 26.3 Å². The lowest BCUT2D eigenvalue weighted by Gasteiger charge is -2.19. The third kappa shape index (κ3) is 7.70. The number of hydrogen-bond donors (Lipinski definition) is 4. The molecule has 10 heteroatoms. The minimum Gasteiger partial charge on any atom is -0.480 e. The highest BCUT2D eigenvalue weighted by molar-refractivity contribution is 5.96. The van der Waals surface area contributed by atoms with Crippen LogP contribution in [0.15, 0.2) is 30.3 Å². The van der Waals surface area contributed by atoms with Crippen LogP contribution in [0, 0.1) is 0 Å². The summed E-state index contributed by atoms with van der Waals surface area (Å²) in [7, 11) is 0. The lowest BCUT2D eigenvalue weighted by Crippen LogP contribution is -2.45. The number of rotatable bonds is 9. The number of nitrogens with one attached hydrogen (secondary N) is 3. The predicted octanol–water partition coefficient (Wildman–Crippen LogP) is 0.207. The van der Waals surface area contributed by atoms with E-state index in [-0.39, 0.29) is 19.5 Å². The van der Waals surface area contributed by atoms with Crippen molar-refractivity contribution in [3.8, 4) is 0 Å². The van der Waals surface area contributed by atoms with Gasteiger partial charge in [-0.2, -0.15) is 0 Å². The van der Waals surface area contributed by atoms with E-state index in [4.69, 9.17) is 9.47 Å². The topological polar surface area (TPSA) is 146 Å². The number of alkyl carbamates (subject to hydrolysis) is 1. The maximum atomic E-state index is 12.2. The Hall–Kier alpha value is -3.14. The number of epoxide rings is 1. The van der Waals surface area contributed by atoms with Gasteiger partial charge in [-0.15, -0.1) is 0 Å². The van der Waals surface area contributed by atoms with Crippen molar-refractivity contribution in [2.24, 2.45) is 0 Å². The average molecular weight is 421 g/mol. The summed E-state index contributed by atoms with van der Waals surface area (Å²) in [6, 6.07) is 7.75. The molecule has 0 aliphatic carbocycles. The zero-order valence-corrected chi connectivity index (χ0v) is 17.1. The molecule has 0 aromatic heterocycles. The van der Waals surface area contributed by atoms with E-state index in [1.54, 1.807) is 45.0 Å². The molecule has 10 nitrogen and oxygen atoms in total. The minimum atomic E-state index is -1.18. The standard InChI is InChI=1S/C20H27N3O7/c1-20(2,3)30-19(28)22-10-9-21-16(24)14-15(29-14)17(25)23-13(18(26)27)11-12-7-5-4-6-8-12/h4-8,13-15H,9-11H2,1-3H3,(H,21,24)(H,22,28)(H,23,25)(H,26,27)/t13-,14-,15-/m0/s1. The number of carboxylic acids is 1. The van der Waals surface area contributed by atoms with E-state index in [0.29, 0.717) is 0 Å². The van der Waals surface area contributed by atoms with E-state index in [1.807, 2.05) is 6.07 Å². The zero-order valence-electron chi connectivity index (χ0n) is 17.1. The molecule has 1 aromatic rings. The maximum Gasteiger partial charge on any atom is 0.407 e. The molecule has 0 unspecified atom stereocenters. The van der Waals surface area contributed by atoms with Crippen LogP contribution < -0.4 is 16.0 Å². The van der Waals surface area contributed by atoms with Crippen molar-refractivity contribution >= 4 is 23.9 Å². The molecule has 1 fully saturated rings. The third-order valence-corrected chi connectivity index (χ3v) is 4.00. The molecule has 0 bridgehead atoms. The fourth-order valence-corrected chi connectivity index (χ4v) is 2.58. The Balaban J connectivity index is 1.71. The third-order valence-electron chi connectivity index (χ3n) is 4.00. The van der Waals surface area contributed by atoms with Crippen molar-refractivity contribution < 1.29 is 33.8 Å². The molecule has 164 valence electrons. The highest BCUT2D eigenvalue weighted by Crippen LogP contribution is 2.22. The van der Waals surface area contributed by atoms with Crippen molar-refractivity contribution in [2.45, 2.75) is 51.0 Å². The number of ether oxygens (including phenoxy) is 2. The summed E-state index contributed by atoms with van der Waals surface area (Å²) in [5.41, 5.74) is 0.137. The molecule has 1 aliphatic heterocycles. The van der Waals surface area contributed by atoms with Crippen LogP contribution in [-0.2, 0) is 30.3 Å². The Kier molecular flexibility index (Phi) is 7.76. The second-order valence-corrected chi connectivity index (χ2v) is 7.79. The fourth-order valence-electron chi connectivity index (χ4n) is 2.58. The highest BCUT2D eigenvalue weighted by Gasteiger charge is 2.50. The molecule has 3 atom stereocenters. The Morgan fingerprint density at radius 1 is 1.03 bits per heavy atom. The number of hydrogen-bond acceptors (Lipinski definition) is 6. The molecule has 1 heterocycles. The first-order chi connectivity index (χ1) is 14.1. The van der Waals surface area contributed by atoms with Gasteiger partial charge in [-0.1, -0.05) is 30.3 Å². The van der Waals surface area contributed by atoms with Crippen molar-refractivity contribution in [3.63, 3.8) is 0 Å². The summed E-state index contributed by atoms with van der Waals surface area (Å²) >= 11 is 0. The molecular formula is C20H27N3O7. The van der Waals surface area contributed by atoms with Crippen molar-refractivity contribution in [2.75, 3.05) is 13.1 Å². The van der Waals surface area contributed by atoms with Crippen LogP contribution in [0.5, 0.6) is 0 Å². The summed E-state index contributed by atoms with van der Waals surface area (Å²) in [5, 5.41) is 16.8. The maximum absolute atomic E-state index is 12.2. The van der Waals surface area contributed by atoms with Crippen LogP contribution in [0.2, 0.25) is 0 Å². The van der Waals surface area contributed by atoms with E-state index in [1.165, 1.54) is 0 Å². The summed E-state index contributed by atoms with van der Waals surface area (Å²) in [6.07, 6.45) is -2.52. The number of carboxylic acid groups (broad SMARTS) is 1. The molecule has 0 saturated carbocycles. The Bertz CT molecular complexity index is 776. The fraction of sp³-hybridized carbons (Fsp3) is 0.500. The van der Waals surface area contributed by atoms with Crippen molar-refractivity contribution in [1.82, 2.24) is 16.0 Å². The smallest absolute Gasteiger partial charge is 0.407 e. The molecule has 0 spiro atoms. The summed E-state index contributed by atoms with van der Waals surface area (Å²) < 4.78 is 10.1. The monoisotopic (exact) mass is 421 g/mol. The lowest BCUT2D eigenvalue weighted by atomic mass is 10.1. The van der Waals surface area contributed by atoms with Crippen LogP contribution in [0.25, 0.3) is 0 Å². The van der Waals surface area contributed by atoms with Gasteiger partial charge in [0, 0.05) is 19.5 Å². The highest BCUT2D eigenvalue weighted by atomic mass is 16.6. The summed E-state index contributed by atoms with van der Waals surface area (Å²) in [6.45, 7) is 5.47. The van der Waals surface area contributed by atoms with Crippen LogP contribution in [0.3, 0.4) is 0 Å². The first-order valence-electron chi connectivity index (χ1n) is 9.54. The van der Waals surface area contributed by atoms with Gasteiger partial charge in [-0.3, -0.25) is 9.59 Å². The SMILES string of the molecule is CC(C)(C)OC(=O)NCCNC(=O)[C@H]1O[C@@H]1C(=O)N[C@@H](Cc1ccccc1)C(=O)O. The number of aliphatic carboxylic acids is 1. The van der Waals surface area contributed by atoms with Gasteiger partial charge in [0.15, 0.2) is 12.2 Å². The molecule has 2 rings (SSSR count). The van der Waals surface area contributed by atoms with Crippen molar-refractivity contribution in [1.29, 1.82) is 0 Å². The molecule has 1 aliphatic rings. The normalized spacial score (nSPS) is 18.6. The molecule has 3 amide bonds. The molecule has 1 saturated heterocycles. The van der Waals surface area contributed by atoms with E-state index in [2.05, 4.69) is 16.0 Å². The molecule has 0 radical (unpaired) electrons. The van der Waals surface area contributed by atoms with Crippen LogP contribution in [0.4, 0.5) is 4.79 Å². The van der Waals surface area contributed by atoms with Gasteiger partial charge in [0.05, 0.1) is 0 Å². The first kappa shape index (κ1) is 23.1. The lowest BCUT2D eigenvalue weighted by molar-refractivity contribution is -0.141. The Labute approximate surface area is 174 Å². The number of carbonyl (C=O) groups excluding carboxylic acids is 3. The van der Waals surface area contributed by atoms with E-state index in [0.717, 1.165) is 5.56 Å². The minimum absolute atomic E-state index is 0.113. The second kappa shape index (κ2) is 10.1. The number of carbonyl (C=O) groups is 4. The molecular weight excluding hydrogens is 394 g/mol. The van der Waals surface area contributed by atoms with Crippen LogP contribution >= 0.6 is 0 Å². The van der Waals surface area contributed by atoms with E-state index in [9.17, 15) is 24.3 Å². The number of benzene rings is 1. The molecule has 30 heavy (non-hydrogen) atoms. The van der Waals surface area contributed by atoms with Gasteiger partial charge >= 0.3 is 12.1 Å². The van der Waals surface area contributed by atoms with E-state index >= 15 is 0 Å². The summed E-state index contributed by atoms with van der Waals surface area (Å²) in [5.74, 6) is -2.36. The van der Waals surface area contributed by atoms with Gasteiger partial charge in [0.2, 0.25) is 0 Å². The average Bonchev–Trinajstić information content (AvgIpc) is 3.45. The predicted molar refractivity (Wildman–Crippen MR) is 106 cm³/mol. The largest absolute Gasteiger partial charge is 0.480 e. The van der Waals surface area contributed by atoms with Gasteiger partial charge in [-0.05, 0) is 26.3 Å². The second-order valence-electron chi connectivity index (χ2n) is 7.79. The van der Waals surface area contributed by atoms with Gasteiger partial charge in [-0.25, -0.2) is 9.59 Å². The quantitative estimate of drug-likeness (QED) is 0.329. The molecule has 1 aromatic carbocycles. The van der Waals surface area contributed by atoms with Crippen molar-refractivity contribution in [3.05, 3.63) is 35.9 Å². The van der Waals surface area contributed by atoms with Gasteiger partial charge in [0.1, 0.15) is 11.6 Å². The molecule has 4 N–H and O–H groups in total. The Morgan fingerprint density at radius 3 is 2.23 bits per heavy atom. The van der Waals surface area contributed by atoms with Gasteiger partial charge < -0.3 is 30.5 Å². The Morgan fingerprint density at radius 2 is 1.63 bits per heavy atom. The summed E-state index contributed by atoms with van der Waals surface area (Å²) in [4.78, 5) is 47.2. The van der Waals surface area contributed by atoms with Crippen LogP contribution in [-0.4, -0.2) is 65.9 Å². The zero-order chi connectivity index (χ0) is 22.3. The first-order valence-corrected chi connectivity index (χ1v) is 9.54. The number of amides is 3. The van der Waals surface area contributed by atoms with E-state index < -0.39 is 47.7 Å². The van der Waals surface area contributed by atoms with Gasteiger partial charge in [0.25, 0.3) is 11.8 Å².